The van der Waals surface area contributed by atoms with Crippen LogP contribution in [0.15, 0.2) is 29.3 Å². The van der Waals surface area contributed by atoms with Crippen molar-refractivity contribution >= 4 is 11.6 Å². The Hall–Kier alpha value is -1.75. The summed E-state index contributed by atoms with van der Waals surface area (Å²) in [4.78, 5) is 6.89. The standard InChI is InChI=1S/C15H24N4O/c1-3-19-9-8-12(11-19)10-17-15(16)18-13-4-6-14(20-2)7-5-13/h4-7,12H,3,8-11H2,1-2H3,(H3,16,17,18). The van der Waals surface area contributed by atoms with Crippen LogP contribution in [0.2, 0.25) is 0 Å². The minimum absolute atomic E-state index is 0.477. The number of nitrogens with zero attached hydrogens (tertiary/aromatic N) is 2. The van der Waals surface area contributed by atoms with Crippen LogP contribution >= 0.6 is 0 Å². The number of nitrogens with two attached hydrogens (primary N) is 1. The third kappa shape index (κ3) is 4.13. The number of guanidine groups is 1. The number of ether oxygens (including phenoxy) is 1. The zero-order valence-corrected chi connectivity index (χ0v) is 12.3. The van der Waals surface area contributed by atoms with Gasteiger partial charge in [0.05, 0.1) is 7.11 Å². The molecule has 1 aliphatic heterocycles. The van der Waals surface area contributed by atoms with Gasteiger partial charge >= 0.3 is 0 Å². The average Bonchev–Trinajstić information content (AvgIpc) is 2.94. The van der Waals surface area contributed by atoms with Crippen molar-refractivity contribution in [2.24, 2.45) is 16.6 Å². The van der Waals surface area contributed by atoms with Crippen molar-refractivity contribution in [3.8, 4) is 5.75 Å². The van der Waals surface area contributed by atoms with Crippen LogP contribution in [0.3, 0.4) is 0 Å². The van der Waals surface area contributed by atoms with Crippen LogP contribution in [-0.2, 0) is 0 Å². The lowest BCUT2D eigenvalue weighted by atomic mass is 10.1. The summed E-state index contributed by atoms with van der Waals surface area (Å²) in [5.74, 6) is 1.94. The lowest BCUT2D eigenvalue weighted by Gasteiger charge is -2.12. The summed E-state index contributed by atoms with van der Waals surface area (Å²) in [6.07, 6.45) is 1.22. The second-order valence-electron chi connectivity index (χ2n) is 5.13. The minimum atomic E-state index is 0.477. The summed E-state index contributed by atoms with van der Waals surface area (Å²) >= 11 is 0. The molecular formula is C15H24N4O. The van der Waals surface area contributed by atoms with Crippen molar-refractivity contribution in [2.45, 2.75) is 13.3 Å². The van der Waals surface area contributed by atoms with Gasteiger partial charge in [-0.25, -0.2) is 0 Å². The summed E-state index contributed by atoms with van der Waals surface area (Å²) in [5.41, 5.74) is 6.84. The molecule has 1 heterocycles. The van der Waals surface area contributed by atoms with Gasteiger partial charge in [0.25, 0.3) is 0 Å². The van der Waals surface area contributed by atoms with Crippen LogP contribution in [0.5, 0.6) is 5.75 Å². The maximum atomic E-state index is 5.92. The molecule has 1 aromatic carbocycles. The molecule has 5 heteroatoms. The molecule has 1 saturated heterocycles. The van der Waals surface area contributed by atoms with Crippen molar-refractivity contribution in [1.82, 2.24) is 4.90 Å². The zero-order valence-electron chi connectivity index (χ0n) is 12.3. The van der Waals surface area contributed by atoms with Gasteiger partial charge in [0.15, 0.2) is 5.96 Å². The average molecular weight is 276 g/mol. The topological polar surface area (TPSA) is 62.9 Å². The van der Waals surface area contributed by atoms with Crippen LogP contribution in [0.25, 0.3) is 0 Å². The first kappa shape index (κ1) is 14.7. The molecule has 1 atom stereocenters. The molecule has 5 nitrogen and oxygen atoms in total. The number of rotatable bonds is 5. The zero-order chi connectivity index (χ0) is 14.4. The maximum Gasteiger partial charge on any atom is 0.193 e. The van der Waals surface area contributed by atoms with Crippen molar-refractivity contribution in [1.29, 1.82) is 0 Å². The molecular weight excluding hydrogens is 252 g/mol. The predicted octanol–water partition coefficient (Wildman–Crippen LogP) is 1.76. The van der Waals surface area contributed by atoms with Gasteiger partial charge in [0.2, 0.25) is 0 Å². The van der Waals surface area contributed by atoms with Crippen LogP contribution in [0.1, 0.15) is 13.3 Å². The highest BCUT2D eigenvalue weighted by Gasteiger charge is 2.20. The molecule has 0 spiro atoms. The summed E-state index contributed by atoms with van der Waals surface area (Å²) in [5, 5.41) is 3.10. The molecule has 0 saturated carbocycles. The van der Waals surface area contributed by atoms with E-state index in [0.29, 0.717) is 11.9 Å². The SMILES string of the molecule is CCN1CCC(CN=C(N)Nc2ccc(OC)cc2)C1. The number of aliphatic imine (C=N–C) groups is 1. The monoisotopic (exact) mass is 276 g/mol. The fourth-order valence-corrected chi connectivity index (χ4v) is 2.44. The number of methoxy groups -OCH3 is 1. The normalized spacial score (nSPS) is 20.1. The van der Waals surface area contributed by atoms with E-state index in [-0.39, 0.29) is 0 Å². The molecule has 0 aliphatic carbocycles. The molecule has 1 unspecified atom stereocenters. The quantitative estimate of drug-likeness (QED) is 0.635. The van der Waals surface area contributed by atoms with Crippen LogP contribution in [-0.4, -0.2) is 44.1 Å². The first-order chi connectivity index (χ1) is 9.71. The number of hydrogen-bond donors (Lipinski definition) is 2. The largest absolute Gasteiger partial charge is 0.497 e. The van der Waals surface area contributed by atoms with Crippen molar-refractivity contribution < 1.29 is 4.74 Å². The Labute approximate surface area is 120 Å². The van der Waals surface area contributed by atoms with Gasteiger partial charge < -0.3 is 20.7 Å². The van der Waals surface area contributed by atoms with E-state index in [4.69, 9.17) is 10.5 Å². The molecule has 3 N–H and O–H groups in total. The third-order valence-electron chi connectivity index (χ3n) is 3.70. The van der Waals surface area contributed by atoms with Gasteiger partial charge in [0, 0.05) is 18.8 Å². The molecule has 110 valence electrons. The Morgan fingerprint density at radius 3 is 2.80 bits per heavy atom. The minimum Gasteiger partial charge on any atom is -0.497 e. The Morgan fingerprint density at radius 2 is 2.20 bits per heavy atom. The summed E-state index contributed by atoms with van der Waals surface area (Å²) in [6, 6.07) is 7.64. The van der Waals surface area contributed by atoms with Gasteiger partial charge in [-0.1, -0.05) is 6.92 Å². The lowest BCUT2D eigenvalue weighted by molar-refractivity contribution is 0.344. The Kier molecular flexibility index (Phi) is 5.24. The van der Waals surface area contributed by atoms with Crippen LogP contribution in [0, 0.1) is 5.92 Å². The second-order valence-corrected chi connectivity index (χ2v) is 5.13. The highest BCUT2D eigenvalue weighted by atomic mass is 16.5. The molecule has 1 aromatic rings. The number of anilines is 1. The van der Waals surface area contributed by atoms with Crippen molar-refractivity contribution in [2.75, 3.05) is 38.6 Å². The van der Waals surface area contributed by atoms with E-state index in [1.807, 2.05) is 24.3 Å². The first-order valence-electron chi connectivity index (χ1n) is 7.14. The van der Waals surface area contributed by atoms with E-state index in [1.165, 1.54) is 13.0 Å². The molecule has 0 amide bonds. The molecule has 0 radical (unpaired) electrons. The molecule has 0 aromatic heterocycles. The Morgan fingerprint density at radius 1 is 1.45 bits per heavy atom. The van der Waals surface area contributed by atoms with Gasteiger partial charge in [-0.2, -0.15) is 0 Å². The van der Waals surface area contributed by atoms with E-state index in [2.05, 4.69) is 22.1 Å². The highest BCUT2D eigenvalue weighted by molar-refractivity contribution is 5.92. The van der Waals surface area contributed by atoms with Gasteiger partial charge in [-0.3, -0.25) is 4.99 Å². The highest BCUT2D eigenvalue weighted by Crippen LogP contribution is 2.16. The van der Waals surface area contributed by atoms with Crippen molar-refractivity contribution in [3.05, 3.63) is 24.3 Å². The van der Waals surface area contributed by atoms with E-state index >= 15 is 0 Å². The first-order valence-corrected chi connectivity index (χ1v) is 7.14. The number of nitrogens with one attached hydrogen (secondary N) is 1. The molecule has 2 rings (SSSR count). The second kappa shape index (κ2) is 7.14. The number of benzene rings is 1. The smallest absolute Gasteiger partial charge is 0.193 e. The van der Waals surface area contributed by atoms with Crippen molar-refractivity contribution in [3.63, 3.8) is 0 Å². The molecule has 1 fully saturated rings. The lowest BCUT2D eigenvalue weighted by Crippen LogP contribution is -2.25. The van der Waals surface area contributed by atoms with E-state index < -0.39 is 0 Å². The number of likely N-dealkylation sites (tertiary alicyclic amines) is 1. The molecule has 1 aliphatic rings. The van der Waals surface area contributed by atoms with E-state index in [0.717, 1.165) is 31.1 Å². The van der Waals surface area contributed by atoms with Gasteiger partial charge in [-0.15, -0.1) is 0 Å². The van der Waals surface area contributed by atoms with Crippen LogP contribution in [0.4, 0.5) is 5.69 Å². The summed E-state index contributed by atoms with van der Waals surface area (Å²) < 4.78 is 5.12. The van der Waals surface area contributed by atoms with E-state index in [1.54, 1.807) is 7.11 Å². The van der Waals surface area contributed by atoms with E-state index in [9.17, 15) is 0 Å². The molecule has 0 bridgehead atoms. The van der Waals surface area contributed by atoms with Gasteiger partial charge in [-0.05, 0) is 49.7 Å². The third-order valence-corrected chi connectivity index (χ3v) is 3.70. The predicted molar refractivity (Wildman–Crippen MR) is 83.3 cm³/mol. The number of hydrogen-bond acceptors (Lipinski definition) is 3. The fourth-order valence-electron chi connectivity index (χ4n) is 2.44. The summed E-state index contributed by atoms with van der Waals surface area (Å²) in [7, 11) is 1.65. The Balaban J connectivity index is 1.81. The summed E-state index contributed by atoms with van der Waals surface area (Å²) in [6.45, 7) is 6.44. The maximum absolute atomic E-state index is 5.92. The Bertz CT molecular complexity index is 444. The fraction of sp³-hybridized carbons (Fsp3) is 0.533. The van der Waals surface area contributed by atoms with Crippen LogP contribution < -0.4 is 15.8 Å². The van der Waals surface area contributed by atoms with Gasteiger partial charge in [0.1, 0.15) is 5.75 Å². The molecule has 20 heavy (non-hydrogen) atoms.